The number of hydrogen-bond acceptors (Lipinski definition) is 3. The fraction of sp³-hybridized carbons (Fsp3) is 0.250. The molecule has 0 bridgehead atoms. The van der Waals surface area contributed by atoms with Crippen LogP contribution in [0.1, 0.15) is 5.69 Å². The number of aromatic nitrogens is 4. The Hall–Kier alpha value is -1.78. The molecular formula is C8H11N5. The second-order valence-electron chi connectivity index (χ2n) is 2.78. The van der Waals surface area contributed by atoms with Crippen LogP contribution in [0, 0.1) is 6.92 Å². The molecule has 2 N–H and O–H groups in total. The van der Waals surface area contributed by atoms with Gasteiger partial charge in [0.1, 0.15) is 0 Å². The Labute approximate surface area is 75.8 Å². The minimum Gasteiger partial charge on any atom is -0.358 e. The fourth-order valence-electron chi connectivity index (χ4n) is 1.25. The molecule has 5 heteroatoms. The minimum atomic E-state index is 0.818. The van der Waals surface area contributed by atoms with E-state index in [1.54, 1.807) is 6.20 Å². The molecule has 0 amide bonds. The molecule has 2 aromatic rings. The van der Waals surface area contributed by atoms with Gasteiger partial charge in [-0.25, -0.2) is 4.98 Å². The zero-order valence-corrected chi connectivity index (χ0v) is 7.57. The summed E-state index contributed by atoms with van der Waals surface area (Å²) in [6, 6.07) is 0. The molecule has 2 heterocycles. The van der Waals surface area contributed by atoms with Gasteiger partial charge >= 0.3 is 0 Å². The van der Waals surface area contributed by atoms with Crippen molar-refractivity contribution < 1.29 is 0 Å². The third-order valence-electron chi connectivity index (χ3n) is 1.81. The monoisotopic (exact) mass is 177 g/mol. The van der Waals surface area contributed by atoms with E-state index in [9.17, 15) is 0 Å². The van der Waals surface area contributed by atoms with E-state index in [2.05, 4.69) is 20.5 Å². The summed E-state index contributed by atoms with van der Waals surface area (Å²) in [6.45, 7) is 1.96. The summed E-state index contributed by atoms with van der Waals surface area (Å²) in [7, 11) is 1.85. The molecule has 0 saturated carbocycles. The molecule has 0 fully saturated rings. The Morgan fingerprint density at radius 2 is 2.38 bits per heavy atom. The van der Waals surface area contributed by atoms with E-state index in [0.717, 1.165) is 17.3 Å². The molecule has 0 atom stereocenters. The first-order valence-electron chi connectivity index (χ1n) is 4.04. The van der Waals surface area contributed by atoms with Gasteiger partial charge in [0.25, 0.3) is 0 Å². The number of imidazole rings is 1. The normalized spacial score (nSPS) is 10.3. The second kappa shape index (κ2) is 2.93. The van der Waals surface area contributed by atoms with E-state index in [-0.39, 0.29) is 0 Å². The molecule has 0 unspecified atom stereocenters. The van der Waals surface area contributed by atoms with Crippen molar-refractivity contribution >= 4 is 5.95 Å². The first-order chi connectivity index (χ1) is 6.31. The summed E-state index contributed by atoms with van der Waals surface area (Å²) >= 11 is 0. The van der Waals surface area contributed by atoms with Crippen molar-refractivity contribution in [1.82, 2.24) is 19.7 Å². The van der Waals surface area contributed by atoms with Gasteiger partial charge in [-0.3, -0.25) is 9.67 Å². The Bertz CT molecular complexity index is 387. The van der Waals surface area contributed by atoms with Gasteiger partial charge in [0.2, 0.25) is 5.95 Å². The highest BCUT2D eigenvalue weighted by Gasteiger charge is 2.05. The lowest BCUT2D eigenvalue weighted by Crippen LogP contribution is -1.99. The maximum absolute atomic E-state index is 4.30. The Morgan fingerprint density at radius 3 is 3.00 bits per heavy atom. The molecule has 0 saturated heterocycles. The standard InChI is InChI=1S/C8H11N5/c1-6-5-13(8(9-2)12-6)7-3-10-11-4-7/h3-5H,1-2H3,(H,9,12)(H,10,11). The largest absolute Gasteiger partial charge is 0.358 e. The van der Waals surface area contributed by atoms with Crippen molar-refractivity contribution in [3.63, 3.8) is 0 Å². The number of aromatic amines is 1. The summed E-state index contributed by atoms with van der Waals surface area (Å²) in [6.07, 6.45) is 5.53. The molecule has 0 aliphatic carbocycles. The molecule has 2 aromatic heterocycles. The van der Waals surface area contributed by atoms with Crippen LogP contribution in [0.4, 0.5) is 5.95 Å². The minimum absolute atomic E-state index is 0.818. The van der Waals surface area contributed by atoms with Crippen LogP contribution < -0.4 is 5.32 Å². The van der Waals surface area contributed by atoms with Gasteiger partial charge in [0.05, 0.1) is 17.6 Å². The van der Waals surface area contributed by atoms with Gasteiger partial charge in [0, 0.05) is 19.4 Å². The van der Waals surface area contributed by atoms with Crippen LogP contribution in [0.15, 0.2) is 18.6 Å². The highest BCUT2D eigenvalue weighted by Crippen LogP contribution is 2.13. The summed E-state index contributed by atoms with van der Waals surface area (Å²) in [4.78, 5) is 4.30. The summed E-state index contributed by atoms with van der Waals surface area (Å²) in [5, 5.41) is 9.66. The van der Waals surface area contributed by atoms with Crippen molar-refractivity contribution in [1.29, 1.82) is 0 Å². The quantitative estimate of drug-likeness (QED) is 0.717. The van der Waals surface area contributed by atoms with E-state index < -0.39 is 0 Å². The van der Waals surface area contributed by atoms with Crippen molar-refractivity contribution in [2.75, 3.05) is 12.4 Å². The first kappa shape index (κ1) is 7.85. The second-order valence-corrected chi connectivity index (χ2v) is 2.78. The van der Waals surface area contributed by atoms with Crippen LogP contribution in [0.5, 0.6) is 0 Å². The smallest absolute Gasteiger partial charge is 0.207 e. The lowest BCUT2D eigenvalue weighted by molar-refractivity contribution is 1.06. The van der Waals surface area contributed by atoms with E-state index in [0.29, 0.717) is 0 Å². The lowest BCUT2D eigenvalue weighted by atomic mass is 10.5. The van der Waals surface area contributed by atoms with E-state index in [1.807, 2.05) is 30.9 Å². The number of hydrogen-bond donors (Lipinski definition) is 2. The van der Waals surface area contributed by atoms with Crippen molar-refractivity contribution in [3.05, 3.63) is 24.3 Å². The Balaban J connectivity index is 2.50. The van der Waals surface area contributed by atoms with Crippen molar-refractivity contribution in [2.45, 2.75) is 6.92 Å². The van der Waals surface area contributed by atoms with E-state index >= 15 is 0 Å². The zero-order valence-electron chi connectivity index (χ0n) is 7.57. The Kier molecular flexibility index (Phi) is 1.77. The molecule has 5 nitrogen and oxygen atoms in total. The van der Waals surface area contributed by atoms with Crippen LogP contribution in [0.2, 0.25) is 0 Å². The van der Waals surface area contributed by atoms with E-state index in [1.165, 1.54) is 0 Å². The lowest BCUT2D eigenvalue weighted by Gasteiger charge is -2.01. The average Bonchev–Trinajstić information content (AvgIpc) is 2.71. The highest BCUT2D eigenvalue weighted by atomic mass is 15.2. The zero-order chi connectivity index (χ0) is 9.26. The predicted octanol–water partition coefficient (Wildman–Crippen LogP) is 0.946. The van der Waals surface area contributed by atoms with Crippen molar-refractivity contribution in [3.8, 4) is 5.69 Å². The Morgan fingerprint density at radius 1 is 1.54 bits per heavy atom. The molecule has 0 aliphatic heterocycles. The van der Waals surface area contributed by atoms with E-state index in [4.69, 9.17) is 0 Å². The fourth-order valence-corrected chi connectivity index (χ4v) is 1.25. The molecule has 0 aromatic carbocycles. The third-order valence-corrected chi connectivity index (χ3v) is 1.81. The number of H-pyrrole nitrogens is 1. The van der Waals surface area contributed by atoms with Crippen LogP contribution in [0.3, 0.4) is 0 Å². The summed E-state index contributed by atoms with van der Waals surface area (Å²) in [5.41, 5.74) is 1.95. The number of anilines is 1. The third kappa shape index (κ3) is 1.28. The van der Waals surface area contributed by atoms with Crippen LogP contribution >= 0.6 is 0 Å². The maximum atomic E-state index is 4.30. The number of rotatable bonds is 2. The summed E-state index contributed by atoms with van der Waals surface area (Å²) in [5.74, 6) is 0.818. The van der Waals surface area contributed by atoms with Crippen molar-refractivity contribution in [2.24, 2.45) is 0 Å². The van der Waals surface area contributed by atoms with Gasteiger partial charge in [-0.2, -0.15) is 5.10 Å². The SMILES string of the molecule is CNc1nc(C)cn1-c1cn[nH]c1. The van der Waals surface area contributed by atoms with Crippen LogP contribution in [0.25, 0.3) is 5.69 Å². The van der Waals surface area contributed by atoms with Crippen LogP contribution in [-0.2, 0) is 0 Å². The summed E-state index contributed by atoms with van der Waals surface area (Å²) < 4.78 is 1.94. The van der Waals surface area contributed by atoms with Crippen LogP contribution in [-0.4, -0.2) is 26.8 Å². The van der Waals surface area contributed by atoms with Gasteiger partial charge < -0.3 is 5.32 Å². The number of nitrogens with one attached hydrogen (secondary N) is 2. The van der Waals surface area contributed by atoms with Gasteiger partial charge in [0.15, 0.2) is 0 Å². The van der Waals surface area contributed by atoms with Gasteiger partial charge in [-0.15, -0.1) is 0 Å². The molecular weight excluding hydrogens is 166 g/mol. The predicted molar refractivity (Wildman–Crippen MR) is 50.0 cm³/mol. The molecule has 2 rings (SSSR count). The molecule has 0 spiro atoms. The first-order valence-corrected chi connectivity index (χ1v) is 4.04. The van der Waals surface area contributed by atoms with Gasteiger partial charge in [-0.1, -0.05) is 0 Å². The maximum Gasteiger partial charge on any atom is 0.207 e. The molecule has 13 heavy (non-hydrogen) atoms. The molecule has 0 aliphatic rings. The average molecular weight is 177 g/mol. The highest BCUT2D eigenvalue weighted by molar-refractivity contribution is 5.39. The van der Waals surface area contributed by atoms with Gasteiger partial charge in [-0.05, 0) is 6.92 Å². The number of nitrogens with zero attached hydrogens (tertiary/aromatic N) is 3. The number of aryl methyl sites for hydroxylation is 1. The molecule has 68 valence electrons. The topological polar surface area (TPSA) is 58.5 Å². The molecule has 0 radical (unpaired) electrons.